The number of rotatable bonds is 11. The molecular formula is C38H40Cl2N4O7S2. The maximum atomic E-state index is 12.9. The molecule has 11 nitrogen and oxygen atoms in total. The van der Waals surface area contributed by atoms with Crippen molar-refractivity contribution in [1.29, 1.82) is 0 Å². The van der Waals surface area contributed by atoms with Gasteiger partial charge in [-0.25, -0.2) is 26.8 Å². The number of aliphatic hydroxyl groups excluding tert-OH is 1. The lowest BCUT2D eigenvalue weighted by atomic mass is 10.2. The summed E-state index contributed by atoms with van der Waals surface area (Å²) >= 11 is 12.1. The van der Waals surface area contributed by atoms with Gasteiger partial charge in [-0.05, 0) is 105 Å². The molecule has 6 aromatic rings. The number of fused-ring (bicyclic) bond motifs is 2. The van der Waals surface area contributed by atoms with Gasteiger partial charge in [0, 0.05) is 16.6 Å². The summed E-state index contributed by atoms with van der Waals surface area (Å²) in [6.45, 7) is 9.68. The fourth-order valence-electron chi connectivity index (χ4n) is 6.13. The number of benzene rings is 4. The van der Waals surface area contributed by atoms with Gasteiger partial charge in [0.15, 0.2) is 19.7 Å². The molecule has 0 aliphatic heterocycles. The van der Waals surface area contributed by atoms with Crippen molar-refractivity contribution >= 4 is 70.9 Å². The van der Waals surface area contributed by atoms with E-state index in [2.05, 4.69) is 9.97 Å². The standard InChI is InChI=1S/C20H21ClN2O4S.C18H19ClN2O3S/c1-4-27-20(24)11-23-14(3)22-17-10-15(8-9-18(17)23)12-28(25,26)19-7-5-6-16(21)13(19)2;1-12-15(19)4-3-5-18(12)25(23,24)11-14-6-7-17-16(10-14)20-13(2)21(17)8-9-22/h5-10H,4,11-12H2,1-3H3;3-7,10,22H,8-9,11H2,1-2H3. The Balaban J connectivity index is 0.000000206. The van der Waals surface area contributed by atoms with Crippen LogP contribution in [0.15, 0.2) is 82.6 Å². The molecule has 0 saturated carbocycles. The molecular weight excluding hydrogens is 759 g/mol. The third-order valence-electron chi connectivity index (χ3n) is 8.74. The Morgan fingerprint density at radius 2 is 1.17 bits per heavy atom. The molecule has 6 rings (SSSR count). The maximum Gasteiger partial charge on any atom is 0.326 e. The lowest BCUT2D eigenvalue weighted by Crippen LogP contribution is -2.14. The molecule has 0 atom stereocenters. The fourth-order valence-corrected chi connectivity index (χ4v) is 9.87. The largest absolute Gasteiger partial charge is 0.465 e. The van der Waals surface area contributed by atoms with Crippen LogP contribution >= 0.6 is 23.2 Å². The molecule has 0 radical (unpaired) electrons. The van der Waals surface area contributed by atoms with E-state index in [0.29, 0.717) is 56.8 Å². The molecule has 0 spiro atoms. The summed E-state index contributed by atoms with van der Waals surface area (Å²) in [5, 5.41) is 10.0. The highest BCUT2D eigenvalue weighted by atomic mass is 35.5. The number of esters is 1. The Labute approximate surface area is 319 Å². The summed E-state index contributed by atoms with van der Waals surface area (Å²) in [7, 11) is -7.07. The molecule has 0 unspecified atom stereocenters. The number of imidazole rings is 2. The minimum Gasteiger partial charge on any atom is -0.465 e. The maximum absolute atomic E-state index is 12.9. The first kappa shape index (κ1) is 39.9. The molecule has 0 saturated heterocycles. The summed E-state index contributed by atoms with van der Waals surface area (Å²) < 4.78 is 59.9. The first-order chi connectivity index (χ1) is 25.1. The highest BCUT2D eigenvalue weighted by molar-refractivity contribution is 7.91. The molecule has 1 N–H and O–H groups in total. The third kappa shape index (κ3) is 8.93. The van der Waals surface area contributed by atoms with E-state index in [-0.39, 0.29) is 40.4 Å². The Bertz CT molecular complexity index is 2550. The Hall–Kier alpha value is -4.27. The van der Waals surface area contributed by atoms with Crippen LogP contribution in [0, 0.1) is 27.7 Å². The summed E-state index contributed by atoms with van der Waals surface area (Å²) in [6, 6.07) is 20.4. The van der Waals surface area contributed by atoms with Crippen LogP contribution in [-0.2, 0) is 53.8 Å². The lowest BCUT2D eigenvalue weighted by molar-refractivity contribution is -0.143. The number of nitrogens with zero attached hydrogens (tertiary/aromatic N) is 4. The van der Waals surface area contributed by atoms with Gasteiger partial charge < -0.3 is 19.0 Å². The van der Waals surface area contributed by atoms with E-state index in [1.54, 1.807) is 99.0 Å². The average Bonchev–Trinajstić information content (AvgIpc) is 3.56. The van der Waals surface area contributed by atoms with Gasteiger partial charge in [0.05, 0.1) is 56.6 Å². The van der Waals surface area contributed by atoms with Crippen molar-refractivity contribution < 1.29 is 31.5 Å². The number of sulfone groups is 2. The van der Waals surface area contributed by atoms with Crippen LogP contribution in [-0.4, -0.2) is 60.2 Å². The highest BCUT2D eigenvalue weighted by Crippen LogP contribution is 2.28. The molecule has 280 valence electrons. The van der Waals surface area contributed by atoms with Crippen molar-refractivity contribution in [2.24, 2.45) is 0 Å². The van der Waals surface area contributed by atoms with E-state index in [0.717, 1.165) is 22.4 Å². The normalized spacial score (nSPS) is 11.8. The predicted octanol–water partition coefficient (Wildman–Crippen LogP) is 7.12. The number of hydrogen-bond acceptors (Lipinski definition) is 9. The van der Waals surface area contributed by atoms with Crippen LogP contribution in [0.1, 0.15) is 40.8 Å². The molecule has 15 heteroatoms. The minimum absolute atomic E-state index is 0.0243. The first-order valence-corrected chi connectivity index (χ1v) is 20.8. The van der Waals surface area contributed by atoms with Crippen LogP contribution < -0.4 is 0 Å². The van der Waals surface area contributed by atoms with E-state index >= 15 is 0 Å². The van der Waals surface area contributed by atoms with Crippen LogP contribution in [0.2, 0.25) is 10.0 Å². The van der Waals surface area contributed by atoms with Crippen molar-refractivity contribution in [2.75, 3.05) is 13.2 Å². The third-order valence-corrected chi connectivity index (χ3v) is 13.2. The van der Waals surface area contributed by atoms with Crippen LogP contribution in [0.25, 0.3) is 22.1 Å². The topological polar surface area (TPSA) is 150 Å². The summed E-state index contributed by atoms with van der Waals surface area (Å²) in [5.41, 5.74) is 5.39. The second-order valence-electron chi connectivity index (χ2n) is 12.5. The number of aliphatic hydroxyl groups is 1. The summed E-state index contributed by atoms with van der Waals surface area (Å²) in [6.07, 6.45) is 0. The lowest BCUT2D eigenvalue weighted by Gasteiger charge is -2.09. The zero-order valence-corrected chi connectivity index (χ0v) is 33.1. The van der Waals surface area contributed by atoms with E-state index in [1.807, 2.05) is 17.6 Å². The molecule has 0 fully saturated rings. The Kier molecular flexibility index (Phi) is 12.4. The molecule has 53 heavy (non-hydrogen) atoms. The quantitative estimate of drug-likeness (QED) is 0.135. The van der Waals surface area contributed by atoms with Crippen molar-refractivity contribution in [3.05, 3.63) is 117 Å². The van der Waals surface area contributed by atoms with Crippen LogP contribution in [0.5, 0.6) is 0 Å². The minimum atomic E-state index is -3.56. The van der Waals surface area contributed by atoms with Crippen LogP contribution in [0.3, 0.4) is 0 Å². The second kappa shape index (κ2) is 16.4. The summed E-state index contributed by atoms with van der Waals surface area (Å²) in [4.78, 5) is 21.2. The van der Waals surface area contributed by atoms with Gasteiger partial charge in [-0.2, -0.15) is 0 Å². The van der Waals surface area contributed by atoms with E-state index in [1.165, 1.54) is 0 Å². The monoisotopic (exact) mass is 798 g/mol. The van der Waals surface area contributed by atoms with Gasteiger partial charge in [-0.3, -0.25) is 4.79 Å². The molecule has 0 aliphatic rings. The predicted molar refractivity (Wildman–Crippen MR) is 207 cm³/mol. The molecule has 2 aromatic heterocycles. The van der Waals surface area contributed by atoms with Crippen molar-refractivity contribution in [3.8, 4) is 0 Å². The Morgan fingerprint density at radius 1 is 0.717 bits per heavy atom. The van der Waals surface area contributed by atoms with Gasteiger partial charge in [0.25, 0.3) is 0 Å². The van der Waals surface area contributed by atoms with Gasteiger partial charge in [-0.15, -0.1) is 0 Å². The van der Waals surface area contributed by atoms with Gasteiger partial charge in [0.1, 0.15) is 18.2 Å². The molecule has 0 bridgehead atoms. The fraction of sp³-hybridized carbons (Fsp3) is 0.289. The van der Waals surface area contributed by atoms with Gasteiger partial charge >= 0.3 is 5.97 Å². The summed E-state index contributed by atoms with van der Waals surface area (Å²) in [5.74, 6) is 0.834. The second-order valence-corrected chi connectivity index (χ2v) is 17.2. The number of aryl methyl sites for hydroxylation is 2. The Morgan fingerprint density at radius 3 is 1.62 bits per heavy atom. The zero-order chi connectivity index (χ0) is 38.7. The average molecular weight is 800 g/mol. The van der Waals surface area contributed by atoms with Crippen LogP contribution in [0.4, 0.5) is 0 Å². The molecule has 4 aromatic carbocycles. The van der Waals surface area contributed by atoms with Gasteiger partial charge in [-0.1, -0.05) is 47.5 Å². The first-order valence-electron chi connectivity index (χ1n) is 16.7. The van der Waals surface area contributed by atoms with E-state index in [9.17, 15) is 21.6 Å². The molecule has 0 aliphatic carbocycles. The number of halogens is 2. The molecule has 2 heterocycles. The van der Waals surface area contributed by atoms with Crippen molar-refractivity contribution in [3.63, 3.8) is 0 Å². The molecule has 0 amide bonds. The van der Waals surface area contributed by atoms with Crippen molar-refractivity contribution in [2.45, 2.75) is 69.0 Å². The van der Waals surface area contributed by atoms with Gasteiger partial charge in [0.2, 0.25) is 0 Å². The van der Waals surface area contributed by atoms with E-state index in [4.69, 9.17) is 33.0 Å². The van der Waals surface area contributed by atoms with Crippen molar-refractivity contribution in [1.82, 2.24) is 19.1 Å². The number of carbonyl (C=O) groups is 1. The number of aromatic nitrogens is 4. The number of carbonyl (C=O) groups excluding carboxylic acids is 1. The zero-order valence-electron chi connectivity index (χ0n) is 29.9. The number of hydrogen-bond donors (Lipinski definition) is 1. The highest BCUT2D eigenvalue weighted by Gasteiger charge is 2.22. The number of ether oxygens (including phenoxy) is 1. The SMILES string of the molecule is CCOC(=O)Cn1c(C)nc2cc(CS(=O)(=O)c3cccc(Cl)c3C)ccc21.Cc1c(Cl)cccc1S(=O)(=O)Cc1ccc2c(c1)nc(C)n2CCO. The van der Waals surface area contributed by atoms with E-state index < -0.39 is 19.7 Å². The smallest absolute Gasteiger partial charge is 0.326 e.